The van der Waals surface area contributed by atoms with E-state index in [0.29, 0.717) is 18.2 Å². The average Bonchev–Trinajstić information content (AvgIpc) is 3.08. The van der Waals surface area contributed by atoms with Crippen LogP contribution in [0.1, 0.15) is 31.2 Å². The first-order valence-electron chi connectivity index (χ1n) is 7.32. The van der Waals surface area contributed by atoms with Crippen LogP contribution in [0.5, 0.6) is 0 Å². The van der Waals surface area contributed by atoms with E-state index in [1.165, 1.54) is 18.6 Å². The number of hydrogen-bond acceptors (Lipinski definition) is 6. The van der Waals surface area contributed by atoms with Gasteiger partial charge < -0.3 is 4.42 Å². The van der Waals surface area contributed by atoms with Crippen molar-refractivity contribution in [2.45, 2.75) is 31.2 Å². The Balaban J connectivity index is 1.58. The summed E-state index contributed by atoms with van der Waals surface area (Å²) >= 11 is 0. The molecule has 2 aromatic rings. The number of halogens is 2. The molecule has 8 heteroatoms. The molecule has 1 unspecified atom stereocenters. The first kappa shape index (κ1) is 13.7. The third-order valence-electron chi connectivity index (χ3n) is 4.06. The fraction of sp³-hybridized carbons (Fsp3) is 0.571. The van der Waals surface area contributed by atoms with Gasteiger partial charge in [0.15, 0.2) is 0 Å². The van der Waals surface area contributed by atoms with Gasteiger partial charge in [0.05, 0.1) is 18.8 Å². The van der Waals surface area contributed by atoms with Crippen molar-refractivity contribution in [3.05, 3.63) is 24.5 Å². The summed E-state index contributed by atoms with van der Waals surface area (Å²) < 4.78 is 33.1. The van der Waals surface area contributed by atoms with E-state index in [2.05, 4.69) is 20.2 Å². The Hall–Kier alpha value is -1.96. The Bertz CT molecular complexity index is 658. The minimum atomic E-state index is -2.71. The van der Waals surface area contributed by atoms with Crippen LogP contribution < -0.4 is 0 Å². The molecule has 6 nitrogen and oxygen atoms in total. The molecule has 0 N–H and O–H groups in total. The Morgan fingerprint density at radius 3 is 2.86 bits per heavy atom. The van der Waals surface area contributed by atoms with E-state index in [-0.39, 0.29) is 24.7 Å². The Kier molecular flexibility index (Phi) is 3.14. The second-order valence-electron chi connectivity index (χ2n) is 5.98. The molecule has 0 spiro atoms. The molecule has 1 saturated carbocycles. The monoisotopic (exact) mass is 307 g/mol. The average molecular weight is 307 g/mol. The molecule has 0 radical (unpaired) electrons. The molecule has 0 bridgehead atoms. The lowest BCUT2D eigenvalue weighted by Crippen LogP contribution is -2.28. The van der Waals surface area contributed by atoms with Gasteiger partial charge in [-0.25, -0.2) is 13.8 Å². The van der Waals surface area contributed by atoms with E-state index in [0.717, 1.165) is 12.8 Å². The number of alkyl halides is 2. The molecule has 2 aliphatic rings. The Labute approximate surface area is 125 Å². The van der Waals surface area contributed by atoms with E-state index in [1.807, 2.05) is 0 Å². The summed E-state index contributed by atoms with van der Waals surface area (Å²) in [6.45, 7) is 0.431. The highest BCUT2D eigenvalue weighted by Crippen LogP contribution is 2.43. The van der Waals surface area contributed by atoms with Crippen LogP contribution >= 0.6 is 0 Å². The summed E-state index contributed by atoms with van der Waals surface area (Å²) in [7, 11) is 0. The van der Waals surface area contributed by atoms with Crippen LogP contribution in [0.4, 0.5) is 8.78 Å². The van der Waals surface area contributed by atoms with Crippen LogP contribution in [0, 0.1) is 5.92 Å². The van der Waals surface area contributed by atoms with Crippen molar-refractivity contribution < 1.29 is 13.2 Å². The summed E-state index contributed by atoms with van der Waals surface area (Å²) in [6.07, 6.45) is 6.51. The molecule has 1 saturated heterocycles. The molecule has 2 aromatic heterocycles. The molecule has 3 heterocycles. The maximum atomic E-state index is 13.8. The zero-order chi connectivity index (χ0) is 15.2. The smallest absolute Gasteiger partial charge is 0.267 e. The summed E-state index contributed by atoms with van der Waals surface area (Å²) in [4.78, 5) is 9.78. The highest BCUT2D eigenvalue weighted by molar-refractivity contribution is 5.43. The third kappa shape index (κ3) is 2.70. The largest absolute Gasteiger partial charge is 0.417 e. The number of likely N-dealkylation sites (tertiary alicyclic amines) is 1. The van der Waals surface area contributed by atoms with Crippen molar-refractivity contribution >= 4 is 0 Å². The second kappa shape index (κ2) is 5.05. The van der Waals surface area contributed by atoms with Gasteiger partial charge in [-0.05, 0) is 18.8 Å². The molecule has 0 aromatic carbocycles. The van der Waals surface area contributed by atoms with Gasteiger partial charge in [-0.15, -0.1) is 10.2 Å². The predicted molar refractivity (Wildman–Crippen MR) is 71.9 cm³/mol. The van der Waals surface area contributed by atoms with Gasteiger partial charge in [0.2, 0.25) is 5.89 Å². The maximum absolute atomic E-state index is 13.8. The van der Waals surface area contributed by atoms with E-state index >= 15 is 0 Å². The zero-order valence-electron chi connectivity index (χ0n) is 11.8. The third-order valence-corrected chi connectivity index (χ3v) is 4.06. The van der Waals surface area contributed by atoms with Gasteiger partial charge in [-0.2, -0.15) is 0 Å². The van der Waals surface area contributed by atoms with Crippen LogP contribution in [0.15, 0.2) is 23.0 Å². The van der Waals surface area contributed by atoms with Crippen molar-refractivity contribution in [2.75, 3.05) is 13.1 Å². The maximum Gasteiger partial charge on any atom is 0.267 e. The highest BCUT2D eigenvalue weighted by atomic mass is 19.3. The SMILES string of the molecule is FC1(F)CC(c2nnc(-c3cnccn3)o2)N(CC2CC2)C1. The minimum absolute atomic E-state index is 0.213. The van der Waals surface area contributed by atoms with Gasteiger partial charge in [0.25, 0.3) is 11.8 Å². The number of aromatic nitrogens is 4. The summed E-state index contributed by atoms with van der Waals surface area (Å²) in [5.41, 5.74) is 0.444. The lowest BCUT2D eigenvalue weighted by Gasteiger charge is -2.20. The van der Waals surface area contributed by atoms with E-state index in [1.54, 1.807) is 4.90 Å². The van der Waals surface area contributed by atoms with Crippen molar-refractivity contribution in [3.63, 3.8) is 0 Å². The molecular formula is C14H15F2N5O. The Morgan fingerprint density at radius 2 is 2.14 bits per heavy atom. The summed E-state index contributed by atoms with van der Waals surface area (Å²) in [5.74, 6) is -1.73. The highest BCUT2D eigenvalue weighted by Gasteiger charge is 2.48. The minimum Gasteiger partial charge on any atom is -0.417 e. The predicted octanol–water partition coefficient (Wildman–Crippen LogP) is 2.32. The molecule has 1 aliphatic carbocycles. The normalized spacial score (nSPS) is 24.7. The van der Waals surface area contributed by atoms with Crippen LogP contribution in [0.25, 0.3) is 11.6 Å². The lowest BCUT2D eigenvalue weighted by atomic mass is 10.2. The van der Waals surface area contributed by atoms with Crippen molar-refractivity contribution in [2.24, 2.45) is 5.92 Å². The molecular weight excluding hydrogens is 292 g/mol. The van der Waals surface area contributed by atoms with E-state index < -0.39 is 12.0 Å². The van der Waals surface area contributed by atoms with Crippen molar-refractivity contribution in [3.8, 4) is 11.6 Å². The van der Waals surface area contributed by atoms with Gasteiger partial charge in [-0.1, -0.05) is 0 Å². The molecule has 22 heavy (non-hydrogen) atoms. The molecule has 2 fully saturated rings. The van der Waals surface area contributed by atoms with E-state index in [9.17, 15) is 8.78 Å². The quantitative estimate of drug-likeness (QED) is 0.863. The van der Waals surface area contributed by atoms with Gasteiger partial charge >= 0.3 is 0 Å². The summed E-state index contributed by atoms with van der Waals surface area (Å²) in [5, 5.41) is 7.88. The van der Waals surface area contributed by atoms with E-state index in [4.69, 9.17) is 4.42 Å². The van der Waals surface area contributed by atoms with Crippen LogP contribution in [0.3, 0.4) is 0 Å². The topological polar surface area (TPSA) is 67.9 Å². The number of nitrogens with zero attached hydrogens (tertiary/aromatic N) is 5. The second-order valence-corrected chi connectivity index (χ2v) is 5.98. The molecule has 116 valence electrons. The Morgan fingerprint density at radius 1 is 1.27 bits per heavy atom. The lowest BCUT2D eigenvalue weighted by molar-refractivity contribution is 0.0116. The first-order chi connectivity index (χ1) is 10.6. The molecule has 1 aliphatic heterocycles. The van der Waals surface area contributed by atoms with Crippen LogP contribution in [0.2, 0.25) is 0 Å². The fourth-order valence-corrected chi connectivity index (χ4v) is 2.83. The first-order valence-corrected chi connectivity index (χ1v) is 7.32. The van der Waals surface area contributed by atoms with Crippen LogP contribution in [-0.2, 0) is 0 Å². The standard InChI is InChI=1S/C14H15F2N5O/c15-14(16)5-11(21(8-14)7-9-1-2-9)13-20-19-12(22-13)10-6-17-3-4-18-10/h3-4,6,9,11H,1-2,5,7-8H2. The number of rotatable bonds is 4. The molecule has 1 atom stereocenters. The number of hydrogen-bond donors (Lipinski definition) is 0. The van der Waals surface area contributed by atoms with Gasteiger partial charge in [0.1, 0.15) is 5.69 Å². The van der Waals surface area contributed by atoms with Crippen molar-refractivity contribution in [1.82, 2.24) is 25.1 Å². The molecule has 4 rings (SSSR count). The van der Waals surface area contributed by atoms with Crippen molar-refractivity contribution in [1.29, 1.82) is 0 Å². The zero-order valence-corrected chi connectivity index (χ0v) is 11.8. The van der Waals surface area contributed by atoms with Crippen LogP contribution in [-0.4, -0.2) is 44.1 Å². The fourth-order valence-electron chi connectivity index (χ4n) is 2.83. The van der Waals surface area contributed by atoms with Gasteiger partial charge in [0, 0.05) is 25.4 Å². The van der Waals surface area contributed by atoms with Gasteiger partial charge in [-0.3, -0.25) is 9.88 Å². The molecule has 0 amide bonds. The summed E-state index contributed by atoms with van der Waals surface area (Å²) in [6, 6.07) is -0.520.